The van der Waals surface area contributed by atoms with Gasteiger partial charge in [0.15, 0.2) is 5.78 Å². The van der Waals surface area contributed by atoms with Crippen LogP contribution >= 0.6 is 11.6 Å². The highest BCUT2D eigenvalue weighted by Crippen LogP contribution is 2.38. The van der Waals surface area contributed by atoms with Crippen LogP contribution in [0.2, 0.25) is 5.02 Å². The lowest BCUT2D eigenvalue weighted by molar-refractivity contribution is -0.122. The molecule has 0 saturated carbocycles. The first-order valence-electron chi connectivity index (χ1n) is 6.46. The van der Waals surface area contributed by atoms with Crippen LogP contribution in [0.15, 0.2) is 35.5 Å². The van der Waals surface area contributed by atoms with Crippen molar-refractivity contribution in [1.82, 2.24) is 5.32 Å². The Hall–Kier alpha value is -1.61. The van der Waals surface area contributed by atoms with Crippen molar-refractivity contribution in [2.75, 3.05) is 0 Å². The van der Waals surface area contributed by atoms with E-state index in [1.54, 1.807) is 6.07 Å². The van der Waals surface area contributed by atoms with Crippen LogP contribution in [0.3, 0.4) is 0 Å². The summed E-state index contributed by atoms with van der Waals surface area (Å²) in [6.45, 7) is 0. The van der Waals surface area contributed by atoms with Crippen LogP contribution in [0, 0.1) is 0 Å². The molecule has 19 heavy (non-hydrogen) atoms. The van der Waals surface area contributed by atoms with Crippen molar-refractivity contribution >= 4 is 23.3 Å². The van der Waals surface area contributed by atoms with Gasteiger partial charge in [-0.25, -0.2) is 0 Å². The Morgan fingerprint density at radius 3 is 2.84 bits per heavy atom. The SMILES string of the molecule is O=C1C[C@H](c2cccc(Cl)c2)C2=C(CCCC2=O)N1. The zero-order valence-corrected chi connectivity index (χ0v) is 11.2. The van der Waals surface area contributed by atoms with Crippen LogP contribution in [0.25, 0.3) is 0 Å². The summed E-state index contributed by atoms with van der Waals surface area (Å²) in [7, 11) is 0. The molecular weight excluding hydrogens is 262 g/mol. The van der Waals surface area contributed by atoms with Crippen LogP contribution in [-0.4, -0.2) is 11.7 Å². The predicted octanol–water partition coefficient (Wildman–Crippen LogP) is 2.95. The van der Waals surface area contributed by atoms with Crippen molar-refractivity contribution in [1.29, 1.82) is 0 Å². The van der Waals surface area contributed by atoms with Crippen molar-refractivity contribution < 1.29 is 9.59 Å². The van der Waals surface area contributed by atoms with Crippen LogP contribution in [0.5, 0.6) is 0 Å². The highest BCUT2D eigenvalue weighted by molar-refractivity contribution is 6.30. The molecule has 98 valence electrons. The molecule has 1 aliphatic carbocycles. The standard InChI is InChI=1S/C15H14ClNO2/c16-10-4-1-3-9(7-10)11-8-14(19)17-12-5-2-6-13(18)15(11)12/h1,3-4,7,11H,2,5-6,8H2,(H,17,19)/t11-/m1/s1. The summed E-state index contributed by atoms with van der Waals surface area (Å²) >= 11 is 6.01. The van der Waals surface area contributed by atoms with Crippen LogP contribution < -0.4 is 5.32 Å². The number of Topliss-reactive ketones (excluding diaryl/α,β-unsaturated/α-hetero) is 1. The molecule has 1 heterocycles. The topological polar surface area (TPSA) is 46.2 Å². The van der Waals surface area contributed by atoms with Crippen molar-refractivity contribution in [2.24, 2.45) is 0 Å². The molecule has 0 bridgehead atoms. The van der Waals surface area contributed by atoms with E-state index in [-0.39, 0.29) is 17.6 Å². The third-order valence-corrected chi connectivity index (χ3v) is 3.97. The molecule has 1 aliphatic heterocycles. The number of hydrogen-bond donors (Lipinski definition) is 1. The highest BCUT2D eigenvalue weighted by atomic mass is 35.5. The second kappa shape index (κ2) is 4.82. The molecular formula is C15H14ClNO2. The molecule has 0 aromatic heterocycles. The van der Waals surface area contributed by atoms with Gasteiger partial charge in [0.2, 0.25) is 5.91 Å². The maximum atomic E-state index is 12.2. The number of nitrogens with one attached hydrogen (secondary N) is 1. The van der Waals surface area contributed by atoms with Gasteiger partial charge in [-0.1, -0.05) is 23.7 Å². The summed E-state index contributed by atoms with van der Waals surface area (Å²) in [5.41, 5.74) is 2.55. The molecule has 3 rings (SSSR count). The summed E-state index contributed by atoms with van der Waals surface area (Å²) in [4.78, 5) is 24.0. The lowest BCUT2D eigenvalue weighted by Gasteiger charge is -2.31. The zero-order chi connectivity index (χ0) is 13.4. The Kier molecular flexibility index (Phi) is 3.15. The van der Waals surface area contributed by atoms with E-state index in [1.807, 2.05) is 18.2 Å². The average Bonchev–Trinajstić information content (AvgIpc) is 2.37. The largest absolute Gasteiger partial charge is 0.329 e. The summed E-state index contributed by atoms with van der Waals surface area (Å²) in [6, 6.07) is 7.43. The van der Waals surface area contributed by atoms with Gasteiger partial charge in [-0.05, 0) is 30.5 Å². The molecule has 0 spiro atoms. The van der Waals surface area contributed by atoms with Gasteiger partial charge in [0.05, 0.1) is 0 Å². The van der Waals surface area contributed by atoms with E-state index in [0.717, 1.165) is 29.7 Å². The van der Waals surface area contributed by atoms with Gasteiger partial charge in [0.1, 0.15) is 0 Å². The molecule has 0 saturated heterocycles. The lowest BCUT2D eigenvalue weighted by atomic mass is 9.78. The molecule has 1 amide bonds. The quantitative estimate of drug-likeness (QED) is 0.856. The molecule has 0 radical (unpaired) electrons. The van der Waals surface area contributed by atoms with Gasteiger partial charge in [-0.2, -0.15) is 0 Å². The number of carbonyl (C=O) groups excluding carboxylic acids is 2. The van der Waals surface area contributed by atoms with Crippen molar-refractivity contribution in [3.8, 4) is 0 Å². The minimum absolute atomic E-state index is 0.0153. The zero-order valence-electron chi connectivity index (χ0n) is 10.4. The fourth-order valence-corrected chi connectivity index (χ4v) is 3.11. The highest BCUT2D eigenvalue weighted by Gasteiger charge is 2.34. The second-order valence-corrected chi connectivity index (χ2v) is 5.47. The third kappa shape index (κ3) is 2.30. The molecule has 1 atom stereocenters. The third-order valence-electron chi connectivity index (χ3n) is 3.74. The smallest absolute Gasteiger partial charge is 0.225 e. The number of halogens is 1. The first-order chi connectivity index (χ1) is 9.15. The molecule has 2 aliphatic rings. The van der Waals surface area contributed by atoms with Crippen molar-refractivity contribution in [3.05, 3.63) is 46.1 Å². The Morgan fingerprint density at radius 2 is 2.05 bits per heavy atom. The number of rotatable bonds is 1. The average molecular weight is 276 g/mol. The molecule has 0 unspecified atom stereocenters. The summed E-state index contributed by atoms with van der Waals surface area (Å²) in [5, 5.41) is 3.48. The van der Waals surface area contributed by atoms with Crippen molar-refractivity contribution in [3.63, 3.8) is 0 Å². The molecule has 3 nitrogen and oxygen atoms in total. The minimum Gasteiger partial charge on any atom is -0.329 e. The van der Waals surface area contributed by atoms with Gasteiger partial charge in [0.25, 0.3) is 0 Å². The molecule has 1 N–H and O–H groups in total. The predicted molar refractivity (Wildman–Crippen MR) is 72.8 cm³/mol. The summed E-state index contributed by atoms with van der Waals surface area (Å²) < 4.78 is 0. The van der Waals surface area contributed by atoms with Gasteiger partial charge >= 0.3 is 0 Å². The number of amides is 1. The number of carbonyl (C=O) groups is 2. The Labute approximate surface area is 116 Å². The molecule has 1 aromatic carbocycles. The maximum Gasteiger partial charge on any atom is 0.225 e. The van der Waals surface area contributed by atoms with Gasteiger partial charge in [-0.15, -0.1) is 0 Å². The molecule has 4 heteroatoms. The number of benzene rings is 1. The Bertz CT molecular complexity index is 592. The van der Waals surface area contributed by atoms with E-state index in [9.17, 15) is 9.59 Å². The van der Waals surface area contributed by atoms with E-state index in [1.165, 1.54) is 0 Å². The van der Waals surface area contributed by atoms with E-state index in [0.29, 0.717) is 17.9 Å². The van der Waals surface area contributed by atoms with Crippen LogP contribution in [-0.2, 0) is 9.59 Å². The minimum atomic E-state index is -0.143. The summed E-state index contributed by atoms with van der Waals surface area (Å²) in [6.07, 6.45) is 2.50. The lowest BCUT2D eigenvalue weighted by Crippen LogP contribution is -2.36. The fraction of sp³-hybridized carbons (Fsp3) is 0.333. The maximum absolute atomic E-state index is 12.2. The van der Waals surface area contributed by atoms with Gasteiger partial charge in [0, 0.05) is 35.1 Å². The molecule has 1 aromatic rings. The molecule has 0 fully saturated rings. The van der Waals surface area contributed by atoms with E-state index < -0.39 is 0 Å². The normalized spacial score (nSPS) is 23.1. The van der Waals surface area contributed by atoms with Gasteiger partial charge in [-0.3, -0.25) is 9.59 Å². The second-order valence-electron chi connectivity index (χ2n) is 5.03. The first-order valence-corrected chi connectivity index (χ1v) is 6.84. The van der Waals surface area contributed by atoms with E-state index >= 15 is 0 Å². The van der Waals surface area contributed by atoms with E-state index in [2.05, 4.69) is 5.32 Å². The fourth-order valence-electron chi connectivity index (χ4n) is 2.91. The number of allylic oxidation sites excluding steroid dienone is 2. The Morgan fingerprint density at radius 1 is 1.21 bits per heavy atom. The summed E-state index contributed by atoms with van der Waals surface area (Å²) in [5.74, 6) is -0.0000916. The van der Waals surface area contributed by atoms with Crippen molar-refractivity contribution in [2.45, 2.75) is 31.6 Å². The van der Waals surface area contributed by atoms with Crippen LogP contribution in [0.1, 0.15) is 37.2 Å². The number of ketones is 1. The Balaban J connectivity index is 2.08. The van der Waals surface area contributed by atoms with E-state index in [4.69, 9.17) is 11.6 Å². The first kappa shape index (κ1) is 12.4. The monoisotopic (exact) mass is 275 g/mol. The van der Waals surface area contributed by atoms with Crippen LogP contribution in [0.4, 0.5) is 0 Å². The number of hydrogen-bond acceptors (Lipinski definition) is 2. The van der Waals surface area contributed by atoms with Gasteiger partial charge < -0.3 is 5.32 Å².